The van der Waals surface area contributed by atoms with Gasteiger partial charge in [-0.25, -0.2) is 13.2 Å². The number of carboxylic acids is 1. The van der Waals surface area contributed by atoms with Crippen molar-refractivity contribution in [2.75, 3.05) is 25.6 Å². The Morgan fingerprint density at radius 3 is 2.20 bits per heavy atom. The number of phenols is 1. The van der Waals surface area contributed by atoms with E-state index in [1.54, 1.807) is 24.3 Å². The molecule has 0 aromatic heterocycles. The summed E-state index contributed by atoms with van der Waals surface area (Å²) in [6.07, 6.45) is 2.75. The maximum Gasteiger partial charge on any atom is 0.339 e. The summed E-state index contributed by atoms with van der Waals surface area (Å²) in [5, 5.41) is 18.5. The van der Waals surface area contributed by atoms with Crippen molar-refractivity contribution < 1.29 is 32.9 Å². The molecule has 2 aromatic carbocycles. The fraction of sp³-hybridized carbons (Fsp3) is 0.409. The monoisotopic (exact) mass is 436 g/mol. The van der Waals surface area contributed by atoms with Crippen LogP contribution in [0.3, 0.4) is 0 Å². The number of carboxylic acid groups (broad SMARTS) is 1. The molecule has 2 N–H and O–H groups in total. The molecule has 0 unspecified atom stereocenters. The van der Waals surface area contributed by atoms with Crippen LogP contribution in [0.25, 0.3) is 0 Å². The number of aromatic hydroxyl groups is 1. The molecule has 0 aliphatic heterocycles. The fourth-order valence-corrected chi connectivity index (χ4v) is 4.11. The highest BCUT2D eigenvalue weighted by Crippen LogP contribution is 2.23. The molecule has 30 heavy (non-hydrogen) atoms. The number of ether oxygens (including phenoxy) is 2. The Balaban J connectivity index is 1.53. The third-order valence-corrected chi connectivity index (χ3v) is 6.30. The first-order valence-electron chi connectivity index (χ1n) is 9.86. The number of rotatable bonds is 13. The van der Waals surface area contributed by atoms with E-state index < -0.39 is 15.8 Å². The Labute approximate surface area is 177 Å². The van der Waals surface area contributed by atoms with Crippen LogP contribution in [-0.2, 0) is 14.6 Å². The van der Waals surface area contributed by atoms with Crippen molar-refractivity contribution in [3.63, 3.8) is 0 Å². The number of benzene rings is 2. The van der Waals surface area contributed by atoms with Gasteiger partial charge in [-0.15, -0.1) is 0 Å². The van der Waals surface area contributed by atoms with Gasteiger partial charge in [-0.05, 0) is 56.9 Å². The zero-order valence-corrected chi connectivity index (χ0v) is 17.9. The highest BCUT2D eigenvalue weighted by molar-refractivity contribution is 7.91. The molecule has 8 heteroatoms. The van der Waals surface area contributed by atoms with Gasteiger partial charge >= 0.3 is 5.97 Å². The number of hydrogen-bond donors (Lipinski definition) is 2. The lowest BCUT2D eigenvalue weighted by atomic mass is 10.2. The molecule has 0 fully saturated rings. The summed E-state index contributed by atoms with van der Waals surface area (Å²) in [6, 6.07) is 11.0. The summed E-state index contributed by atoms with van der Waals surface area (Å²) in [5.41, 5.74) is 0.865. The Bertz CT molecular complexity index is 921. The predicted octanol–water partition coefficient (Wildman–Crippen LogP) is 3.83. The van der Waals surface area contributed by atoms with E-state index in [9.17, 15) is 18.3 Å². The van der Waals surface area contributed by atoms with Gasteiger partial charge in [-0.2, -0.15) is 0 Å². The van der Waals surface area contributed by atoms with E-state index in [0.717, 1.165) is 18.4 Å². The van der Waals surface area contributed by atoms with Crippen LogP contribution in [0.15, 0.2) is 47.4 Å². The maximum absolute atomic E-state index is 12.2. The molecule has 2 rings (SSSR count). The minimum atomic E-state index is -3.24. The van der Waals surface area contributed by atoms with E-state index in [4.69, 9.17) is 14.6 Å². The van der Waals surface area contributed by atoms with Crippen LogP contribution in [0.1, 0.15) is 41.6 Å². The van der Waals surface area contributed by atoms with Gasteiger partial charge in [0.05, 0.1) is 17.3 Å². The van der Waals surface area contributed by atoms with E-state index in [2.05, 4.69) is 0 Å². The largest absolute Gasteiger partial charge is 0.507 e. The summed E-state index contributed by atoms with van der Waals surface area (Å²) in [6.45, 7) is 3.40. The van der Waals surface area contributed by atoms with Crippen molar-refractivity contribution in [3.05, 3.63) is 53.6 Å². The Hall–Kier alpha value is -2.58. The highest BCUT2D eigenvalue weighted by Gasteiger charge is 2.13. The normalized spacial score (nSPS) is 11.4. The van der Waals surface area contributed by atoms with E-state index in [1.807, 2.05) is 6.92 Å². The maximum atomic E-state index is 12.2. The lowest BCUT2D eigenvalue weighted by Crippen LogP contribution is -2.08. The Kier molecular flexibility index (Phi) is 9.14. The number of aryl methyl sites for hydroxylation is 1. The zero-order valence-electron chi connectivity index (χ0n) is 17.0. The first kappa shape index (κ1) is 23.7. The minimum Gasteiger partial charge on any atom is -0.507 e. The van der Waals surface area contributed by atoms with Gasteiger partial charge < -0.3 is 19.7 Å². The third kappa shape index (κ3) is 7.68. The molecule has 0 heterocycles. The zero-order chi connectivity index (χ0) is 22.0. The van der Waals surface area contributed by atoms with E-state index >= 15 is 0 Å². The smallest absolute Gasteiger partial charge is 0.339 e. The van der Waals surface area contributed by atoms with Crippen LogP contribution in [0, 0.1) is 6.92 Å². The summed E-state index contributed by atoms with van der Waals surface area (Å²) < 4.78 is 35.5. The van der Waals surface area contributed by atoms with Crippen molar-refractivity contribution in [1.82, 2.24) is 0 Å². The van der Waals surface area contributed by atoms with Gasteiger partial charge in [0.25, 0.3) is 0 Å². The van der Waals surface area contributed by atoms with Crippen molar-refractivity contribution in [2.24, 2.45) is 0 Å². The van der Waals surface area contributed by atoms with Gasteiger partial charge in [0.15, 0.2) is 9.84 Å². The van der Waals surface area contributed by atoms with E-state index in [0.29, 0.717) is 43.3 Å². The summed E-state index contributed by atoms with van der Waals surface area (Å²) in [5.74, 6) is -0.995. The first-order chi connectivity index (χ1) is 14.3. The van der Waals surface area contributed by atoms with Gasteiger partial charge in [-0.3, -0.25) is 0 Å². The average Bonchev–Trinajstić information content (AvgIpc) is 2.69. The summed E-state index contributed by atoms with van der Waals surface area (Å²) >= 11 is 0. The minimum absolute atomic E-state index is 0.112. The second kappa shape index (κ2) is 11.6. The van der Waals surface area contributed by atoms with Gasteiger partial charge in [-0.1, -0.05) is 17.7 Å². The molecule has 0 atom stereocenters. The van der Waals surface area contributed by atoms with Crippen LogP contribution in [0.2, 0.25) is 0 Å². The van der Waals surface area contributed by atoms with E-state index in [-0.39, 0.29) is 17.1 Å². The number of carbonyl (C=O) groups is 1. The van der Waals surface area contributed by atoms with Gasteiger partial charge in [0, 0.05) is 19.3 Å². The van der Waals surface area contributed by atoms with E-state index in [1.165, 1.54) is 18.2 Å². The quantitative estimate of drug-likeness (QED) is 0.459. The molecule has 0 bridgehead atoms. The molecular weight excluding hydrogens is 408 g/mol. The van der Waals surface area contributed by atoms with Gasteiger partial charge in [0.2, 0.25) is 0 Å². The molecule has 2 aromatic rings. The lowest BCUT2D eigenvalue weighted by Gasteiger charge is -2.08. The van der Waals surface area contributed by atoms with Crippen LogP contribution in [0.4, 0.5) is 0 Å². The fourth-order valence-electron chi connectivity index (χ4n) is 2.74. The molecule has 0 spiro atoms. The van der Waals surface area contributed by atoms with Crippen LogP contribution >= 0.6 is 0 Å². The average molecular weight is 437 g/mol. The van der Waals surface area contributed by atoms with Crippen molar-refractivity contribution in [2.45, 2.75) is 37.5 Å². The SMILES string of the molecule is Cc1ccc(S(=O)(=O)CCCCOCCCCOc2ccc(C(=O)O)c(O)c2)cc1. The summed E-state index contributed by atoms with van der Waals surface area (Å²) in [4.78, 5) is 11.2. The molecule has 164 valence electrons. The van der Waals surface area contributed by atoms with Crippen LogP contribution < -0.4 is 4.74 Å². The number of sulfone groups is 1. The van der Waals surface area contributed by atoms with Crippen molar-refractivity contribution in [3.8, 4) is 11.5 Å². The molecule has 0 aliphatic rings. The molecule has 0 amide bonds. The third-order valence-electron chi connectivity index (χ3n) is 4.48. The molecule has 0 radical (unpaired) electrons. The molecule has 0 saturated heterocycles. The standard InChI is InChI=1S/C22H28O7S/c1-17-6-9-19(10-7-17)30(26,27)15-5-4-13-28-12-2-3-14-29-18-8-11-20(22(24)25)21(23)16-18/h6-11,16,23H,2-5,12-15H2,1H3,(H,24,25). The number of unbranched alkanes of at least 4 members (excludes halogenated alkanes) is 2. The van der Waals surface area contributed by atoms with Crippen molar-refractivity contribution >= 4 is 15.8 Å². The predicted molar refractivity (Wildman–Crippen MR) is 113 cm³/mol. The number of hydrogen-bond acceptors (Lipinski definition) is 6. The first-order valence-corrected chi connectivity index (χ1v) is 11.5. The van der Waals surface area contributed by atoms with Crippen LogP contribution in [-0.4, -0.2) is 50.2 Å². The second-order valence-electron chi connectivity index (χ2n) is 6.99. The topological polar surface area (TPSA) is 110 Å². The Morgan fingerprint density at radius 2 is 1.57 bits per heavy atom. The molecular formula is C22H28O7S. The molecule has 0 aliphatic carbocycles. The molecule has 7 nitrogen and oxygen atoms in total. The van der Waals surface area contributed by atoms with Crippen LogP contribution in [0.5, 0.6) is 11.5 Å². The lowest BCUT2D eigenvalue weighted by molar-refractivity contribution is 0.0693. The van der Waals surface area contributed by atoms with Crippen molar-refractivity contribution in [1.29, 1.82) is 0 Å². The molecule has 0 saturated carbocycles. The second-order valence-corrected chi connectivity index (χ2v) is 9.10. The Morgan fingerprint density at radius 1 is 0.933 bits per heavy atom. The highest BCUT2D eigenvalue weighted by atomic mass is 32.2. The number of aromatic carboxylic acids is 1. The van der Waals surface area contributed by atoms with Gasteiger partial charge in [0.1, 0.15) is 17.1 Å². The summed E-state index contributed by atoms with van der Waals surface area (Å²) in [7, 11) is -3.24.